The Labute approximate surface area is 128 Å². The van der Waals surface area contributed by atoms with E-state index >= 15 is 0 Å². The van der Waals surface area contributed by atoms with Gasteiger partial charge in [0, 0.05) is 11.8 Å². The van der Waals surface area contributed by atoms with Crippen LogP contribution in [0.4, 0.5) is 5.95 Å². The highest BCUT2D eigenvalue weighted by atomic mass is 15.1. The van der Waals surface area contributed by atoms with Crippen LogP contribution in [0.1, 0.15) is 94.6 Å². The number of nitrogens with two attached hydrogens (primary N) is 1. The van der Waals surface area contributed by atoms with E-state index in [-0.39, 0.29) is 0 Å². The predicted octanol–water partition coefficient (Wildman–Crippen LogP) is 4.19. The molecule has 0 aliphatic heterocycles. The fourth-order valence-electron chi connectivity index (χ4n) is 4.00. The molecule has 2 fully saturated rings. The van der Waals surface area contributed by atoms with Gasteiger partial charge in [0.2, 0.25) is 5.95 Å². The van der Waals surface area contributed by atoms with Gasteiger partial charge in [0.25, 0.3) is 0 Å². The lowest BCUT2D eigenvalue weighted by atomic mass is 9.82. The third-order valence-corrected chi connectivity index (χ3v) is 5.21. The molecule has 1 aromatic heterocycles. The van der Waals surface area contributed by atoms with Crippen molar-refractivity contribution in [2.75, 3.05) is 5.73 Å². The van der Waals surface area contributed by atoms with Gasteiger partial charge in [0.15, 0.2) is 0 Å². The lowest BCUT2D eigenvalue weighted by Gasteiger charge is -2.26. The van der Waals surface area contributed by atoms with E-state index in [0.29, 0.717) is 17.8 Å². The van der Waals surface area contributed by atoms with Crippen LogP contribution < -0.4 is 5.73 Å². The van der Waals surface area contributed by atoms with E-state index in [1.807, 2.05) is 0 Å². The van der Waals surface area contributed by atoms with Crippen LogP contribution >= 0.6 is 0 Å². The number of nitrogen functional groups attached to an aromatic ring is 1. The lowest BCUT2D eigenvalue weighted by molar-refractivity contribution is 0.333. The second-order valence-electron chi connectivity index (χ2n) is 7.07. The minimum Gasteiger partial charge on any atom is -0.368 e. The summed E-state index contributed by atoms with van der Waals surface area (Å²) in [5, 5.41) is 0. The molecule has 0 amide bonds. The van der Waals surface area contributed by atoms with Gasteiger partial charge in [-0.3, -0.25) is 0 Å². The van der Waals surface area contributed by atoms with Gasteiger partial charge in [0.1, 0.15) is 11.6 Å². The molecule has 2 aliphatic rings. The molecule has 4 nitrogen and oxygen atoms in total. The third-order valence-electron chi connectivity index (χ3n) is 5.21. The SMILES string of the molecule is CC1CCCC(c2nc(N)nc(C3CCCCCC3)n2)C1. The molecule has 0 spiro atoms. The molecular weight excluding hydrogens is 260 g/mol. The first-order valence-corrected chi connectivity index (χ1v) is 8.73. The van der Waals surface area contributed by atoms with E-state index in [9.17, 15) is 0 Å². The van der Waals surface area contributed by atoms with Crippen molar-refractivity contribution < 1.29 is 0 Å². The number of hydrogen-bond acceptors (Lipinski definition) is 4. The normalized spacial score (nSPS) is 28.2. The van der Waals surface area contributed by atoms with E-state index in [1.165, 1.54) is 64.2 Å². The van der Waals surface area contributed by atoms with E-state index in [4.69, 9.17) is 10.7 Å². The standard InChI is InChI=1S/C17H28N4/c1-12-7-6-10-14(11-12)16-19-15(20-17(18)21-16)13-8-4-2-3-5-9-13/h12-14H,2-11H2,1H3,(H2,18,19,20,21). The van der Waals surface area contributed by atoms with Crippen molar-refractivity contribution >= 4 is 5.95 Å². The Kier molecular flexibility index (Phi) is 4.71. The van der Waals surface area contributed by atoms with E-state index in [1.54, 1.807) is 0 Å². The summed E-state index contributed by atoms with van der Waals surface area (Å²) in [6.07, 6.45) is 12.8. The van der Waals surface area contributed by atoms with E-state index in [2.05, 4.69) is 16.9 Å². The summed E-state index contributed by atoms with van der Waals surface area (Å²) < 4.78 is 0. The number of anilines is 1. The molecule has 116 valence electrons. The van der Waals surface area contributed by atoms with Gasteiger partial charge in [0.05, 0.1) is 0 Å². The van der Waals surface area contributed by atoms with Crippen molar-refractivity contribution in [3.63, 3.8) is 0 Å². The Balaban J connectivity index is 1.81. The molecule has 4 heteroatoms. The summed E-state index contributed by atoms with van der Waals surface area (Å²) in [5.41, 5.74) is 5.98. The quantitative estimate of drug-likeness (QED) is 0.829. The maximum atomic E-state index is 5.98. The highest BCUT2D eigenvalue weighted by Crippen LogP contribution is 2.36. The van der Waals surface area contributed by atoms with Gasteiger partial charge in [-0.15, -0.1) is 0 Å². The van der Waals surface area contributed by atoms with Crippen molar-refractivity contribution in [3.8, 4) is 0 Å². The first-order chi connectivity index (χ1) is 10.2. The molecule has 0 radical (unpaired) electrons. The lowest BCUT2D eigenvalue weighted by Crippen LogP contribution is -2.18. The zero-order chi connectivity index (χ0) is 14.7. The Hall–Kier alpha value is -1.19. The molecule has 0 aromatic carbocycles. The van der Waals surface area contributed by atoms with Gasteiger partial charge < -0.3 is 5.73 Å². The minimum absolute atomic E-state index is 0.428. The van der Waals surface area contributed by atoms with Crippen LogP contribution in [-0.4, -0.2) is 15.0 Å². The summed E-state index contributed by atoms with van der Waals surface area (Å²) in [4.78, 5) is 13.8. The molecule has 2 N–H and O–H groups in total. The largest absolute Gasteiger partial charge is 0.368 e. The summed E-state index contributed by atoms with van der Waals surface area (Å²) >= 11 is 0. The van der Waals surface area contributed by atoms with Gasteiger partial charge in [-0.1, -0.05) is 45.4 Å². The fourth-order valence-corrected chi connectivity index (χ4v) is 4.00. The Bertz CT molecular complexity index is 446. The summed E-state index contributed by atoms with van der Waals surface area (Å²) in [6, 6.07) is 0. The maximum absolute atomic E-state index is 5.98. The molecular formula is C17H28N4. The molecule has 3 rings (SSSR count). The number of nitrogens with zero attached hydrogens (tertiary/aromatic N) is 3. The molecule has 1 heterocycles. The monoisotopic (exact) mass is 288 g/mol. The zero-order valence-electron chi connectivity index (χ0n) is 13.2. The summed E-state index contributed by atoms with van der Waals surface area (Å²) in [6.45, 7) is 2.34. The van der Waals surface area contributed by atoms with E-state index < -0.39 is 0 Å². The zero-order valence-corrected chi connectivity index (χ0v) is 13.2. The van der Waals surface area contributed by atoms with Crippen molar-refractivity contribution in [3.05, 3.63) is 11.6 Å². The Morgan fingerprint density at radius 3 is 2.05 bits per heavy atom. The van der Waals surface area contributed by atoms with Crippen LogP contribution in [0.25, 0.3) is 0 Å². The summed E-state index contributed by atoms with van der Waals surface area (Å²) in [5.74, 6) is 4.13. The topological polar surface area (TPSA) is 64.7 Å². The van der Waals surface area contributed by atoms with Gasteiger partial charge in [-0.25, -0.2) is 4.98 Å². The molecule has 0 bridgehead atoms. The minimum atomic E-state index is 0.428. The molecule has 1 aromatic rings. The molecule has 2 aliphatic carbocycles. The first kappa shape index (κ1) is 14.7. The molecule has 2 unspecified atom stereocenters. The van der Waals surface area contributed by atoms with Crippen LogP contribution in [0.2, 0.25) is 0 Å². The molecule has 0 saturated heterocycles. The van der Waals surface area contributed by atoms with Gasteiger partial charge in [-0.05, 0) is 31.6 Å². The van der Waals surface area contributed by atoms with Gasteiger partial charge in [-0.2, -0.15) is 9.97 Å². The third kappa shape index (κ3) is 3.72. The van der Waals surface area contributed by atoms with Crippen LogP contribution in [0, 0.1) is 5.92 Å². The number of rotatable bonds is 2. The predicted molar refractivity (Wildman–Crippen MR) is 85.1 cm³/mol. The number of aromatic nitrogens is 3. The van der Waals surface area contributed by atoms with Crippen LogP contribution in [0.15, 0.2) is 0 Å². The molecule has 2 saturated carbocycles. The maximum Gasteiger partial charge on any atom is 0.223 e. The summed E-state index contributed by atoms with van der Waals surface area (Å²) in [7, 11) is 0. The second kappa shape index (κ2) is 6.71. The second-order valence-corrected chi connectivity index (χ2v) is 7.07. The van der Waals surface area contributed by atoms with E-state index in [0.717, 1.165) is 17.6 Å². The van der Waals surface area contributed by atoms with Crippen LogP contribution in [0.5, 0.6) is 0 Å². The molecule has 21 heavy (non-hydrogen) atoms. The highest BCUT2D eigenvalue weighted by molar-refractivity contribution is 5.19. The van der Waals surface area contributed by atoms with Crippen LogP contribution in [-0.2, 0) is 0 Å². The average molecular weight is 288 g/mol. The fraction of sp³-hybridized carbons (Fsp3) is 0.824. The van der Waals surface area contributed by atoms with Crippen molar-refractivity contribution in [2.45, 2.75) is 83.0 Å². The Morgan fingerprint density at radius 2 is 1.38 bits per heavy atom. The van der Waals surface area contributed by atoms with Crippen molar-refractivity contribution in [1.29, 1.82) is 0 Å². The first-order valence-electron chi connectivity index (χ1n) is 8.73. The van der Waals surface area contributed by atoms with Gasteiger partial charge >= 0.3 is 0 Å². The average Bonchev–Trinajstić information content (AvgIpc) is 2.76. The van der Waals surface area contributed by atoms with Crippen LogP contribution in [0.3, 0.4) is 0 Å². The van der Waals surface area contributed by atoms with Crippen molar-refractivity contribution in [1.82, 2.24) is 15.0 Å². The highest BCUT2D eigenvalue weighted by Gasteiger charge is 2.25. The number of hydrogen-bond donors (Lipinski definition) is 1. The Morgan fingerprint density at radius 1 is 0.762 bits per heavy atom. The smallest absolute Gasteiger partial charge is 0.223 e. The van der Waals surface area contributed by atoms with Crippen molar-refractivity contribution in [2.24, 2.45) is 5.92 Å². The molecule has 2 atom stereocenters.